The first-order chi connectivity index (χ1) is 12.3. The Balaban J connectivity index is 5.52. The standard InChI is InChI=1S/C12H10F12O4/c1-2-6(26)27-3-5(25)4-28-12(23,24)11(21,22)10(19,20)9(17,18)8(15,16)7(13)14/h2,5,7,25H,1,3-4H2. The second-order valence-corrected chi connectivity index (χ2v) is 4.96. The fourth-order valence-electron chi connectivity index (χ4n) is 1.30. The molecule has 166 valence electrons. The summed E-state index contributed by atoms with van der Waals surface area (Å²) in [5, 5.41) is 9.02. The smallest absolute Gasteiger partial charge is 0.426 e. The molecule has 0 aromatic heterocycles. The first-order valence-corrected chi connectivity index (χ1v) is 6.58. The van der Waals surface area contributed by atoms with E-state index in [0.29, 0.717) is 6.08 Å². The maximum absolute atomic E-state index is 13.2. The van der Waals surface area contributed by atoms with Gasteiger partial charge >= 0.3 is 42.2 Å². The van der Waals surface area contributed by atoms with Gasteiger partial charge < -0.3 is 14.6 Å². The fraction of sp³-hybridized carbons (Fsp3) is 0.750. The molecule has 0 aliphatic carbocycles. The van der Waals surface area contributed by atoms with Gasteiger partial charge in [0, 0.05) is 6.08 Å². The summed E-state index contributed by atoms with van der Waals surface area (Å²) >= 11 is 0. The molecule has 1 unspecified atom stereocenters. The number of carbonyl (C=O) groups is 1. The summed E-state index contributed by atoms with van der Waals surface area (Å²) < 4.78 is 161. The molecule has 28 heavy (non-hydrogen) atoms. The summed E-state index contributed by atoms with van der Waals surface area (Å²) in [5.41, 5.74) is 0. The molecule has 0 radical (unpaired) electrons. The van der Waals surface area contributed by atoms with Crippen LogP contribution in [0.5, 0.6) is 0 Å². The molecule has 0 saturated heterocycles. The summed E-state index contributed by atoms with van der Waals surface area (Å²) in [7, 11) is 0. The zero-order valence-corrected chi connectivity index (χ0v) is 13.1. The zero-order valence-electron chi connectivity index (χ0n) is 13.1. The Kier molecular flexibility index (Phi) is 7.83. The molecule has 0 rings (SSSR count). The Bertz CT molecular complexity index is 563. The van der Waals surface area contributed by atoms with Gasteiger partial charge in [0.05, 0.1) is 6.61 Å². The van der Waals surface area contributed by atoms with Crippen LogP contribution in [0.4, 0.5) is 52.7 Å². The van der Waals surface area contributed by atoms with Gasteiger partial charge in [0.2, 0.25) is 0 Å². The number of alkyl halides is 12. The van der Waals surface area contributed by atoms with Gasteiger partial charge in [0.1, 0.15) is 12.7 Å². The molecule has 0 spiro atoms. The summed E-state index contributed by atoms with van der Waals surface area (Å²) in [6, 6.07) is 0. The lowest BCUT2D eigenvalue weighted by Gasteiger charge is -2.38. The van der Waals surface area contributed by atoms with Crippen molar-refractivity contribution >= 4 is 5.97 Å². The molecule has 0 aromatic carbocycles. The van der Waals surface area contributed by atoms with Crippen molar-refractivity contribution in [2.75, 3.05) is 13.2 Å². The fourth-order valence-corrected chi connectivity index (χ4v) is 1.30. The van der Waals surface area contributed by atoms with Crippen molar-refractivity contribution in [3.63, 3.8) is 0 Å². The Morgan fingerprint density at radius 3 is 1.75 bits per heavy atom. The monoisotopic (exact) mass is 446 g/mol. The Morgan fingerprint density at radius 1 is 0.893 bits per heavy atom. The van der Waals surface area contributed by atoms with E-state index in [1.165, 1.54) is 0 Å². The highest BCUT2D eigenvalue weighted by Gasteiger charge is 2.88. The van der Waals surface area contributed by atoms with Crippen LogP contribution in [0.25, 0.3) is 0 Å². The van der Waals surface area contributed by atoms with E-state index in [2.05, 4.69) is 16.1 Å². The third kappa shape index (κ3) is 4.64. The lowest BCUT2D eigenvalue weighted by Crippen LogP contribution is -2.69. The van der Waals surface area contributed by atoms with E-state index < -0.39 is 61.5 Å². The number of hydrogen-bond donors (Lipinski definition) is 1. The third-order valence-electron chi connectivity index (χ3n) is 2.89. The number of aliphatic hydroxyl groups excluding tert-OH is 1. The van der Waals surface area contributed by atoms with Gasteiger partial charge in [-0.2, -0.15) is 43.9 Å². The Labute approximate surface area is 147 Å². The predicted octanol–water partition coefficient (Wildman–Crippen LogP) is 3.49. The Hall–Kier alpha value is -1.71. The van der Waals surface area contributed by atoms with Gasteiger partial charge in [-0.05, 0) is 0 Å². The van der Waals surface area contributed by atoms with Gasteiger partial charge in [0.15, 0.2) is 0 Å². The third-order valence-corrected chi connectivity index (χ3v) is 2.89. The van der Waals surface area contributed by atoms with Crippen LogP contribution in [0.1, 0.15) is 0 Å². The van der Waals surface area contributed by atoms with Crippen LogP contribution in [0.3, 0.4) is 0 Å². The van der Waals surface area contributed by atoms with Gasteiger partial charge in [-0.3, -0.25) is 0 Å². The van der Waals surface area contributed by atoms with E-state index in [9.17, 15) is 57.5 Å². The summed E-state index contributed by atoms with van der Waals surface area (Å²) in [5.74, 6) is -31.2. The van der Waals surface area contributed by atoms with Crippen molar-refractivity contribution in [3.8, 4) is 0 Å². The van der Waals surface area contributed by atoms with Crippen LogP contribution in [-0.4, -0.2) is 66.6 Å². The highest BCUT2D eigenvalue weighted by atomic mass is 19.4. The maximum atomic E-state index is 13.2. The summed E-state index contributed by atoms with van der Waals surface area (Å²) in [6.45, 7) is -0.413. The minimum atomic E-state index is -7.73. The first kappa shape index (κ1) is 26.3. The largest absolute Gasteiger partial charge is 0.460 e. The van der Waals surface area contributed by atoms with Crippen molar-refractivity contribution in [1.29, 1.82) is 0 Å². The van der Waals surface area contributed by atoms with Crippen LogP contribution in [0, 0.1) is 0 Å². The molecular formula is C12H10F12O4. The lowest BCUT2D eigenvalue weighted by molar-refractivity contribution is -0.452. The van der Waals surface area contributed by atoms with Gasteiger partial charge in [-0.1, -0.05) is 6.58 Å². The highest BCUT2D eigenvalue weighted by molar-refractivity contribution is 5.81. The van der Waals surface area contributed by atoms with Gasteiger partial charge in [-0.15, -0.1) is 0 Å². The van der Waals surface area contributed by atoms with E-state index >= 15 is 0 Å². The molecule has 0 amide bonds. The van der Waals surface area contributed by atoms with Crippen LogP contribution < -0.4 is 0 Å². The van der Waals surface area contributed by atoms with Gasteiger partial charge in [-0.25, -0.2) is 13.6 Å². The van der Waals surface area contributed by atoms with Crippen LogP contribution in [-0.2, 0) is 14.3 Å². The normalized spacial score (nSPS) is 15.5. The molecule has 0 bridgehead atoms. The van der Waals surface area contributed by atoms with E-state index in [-0.39, 0.29) is 0 Å². The maximum Gasteiger partial charge on any atom is 0.426 e. The molecule has 0 fully saturated rings. The van der Waals surface area contributed by atoms with E-state index in [4.69, 9.17) is 5.11 Å². The van der Waals surface area contributed by atoms with Crippen LogP contribution in [0.15, 0.2) is 12.7 Å². The average molecular weight is 446 g/mol. The van der Waals surface area contributed by atoms with Gasteiger partial charge in [0.25, 0.3) is 0 Å². The molecule has 0 aliphatic heterocycles. The summed E-state index contributed by atoms with van der Waals surface area (Å²) in [6.07, 6.45) is -14.1. The number of carbonyl (C=O) groups excluding carboxylic acids is 1. The molecule has 0 heterocycles. The number of halogens is 12. The van der Waals surface area contributed by atoms with Crippen molar-refractivity contribution < 1.29 is 72.1 Å². The molecule has 1 atom stereocenters. The minimum Gasteiger partial charge on any atom is -0.460 e. The van der Waals surface area contributed by atoms with Crippen molar-refractivity contribution in [3.05, 3.63) is 12.7 Å². The number of hydrogen-bond acceptors (Lipinski definition) is 4. The molecule has 1 N–H and O–H groups in total. The molecular weight excluding hydrogens is 436 g/mol. The van der Waals surface area contributed by atoms with Crippen molar-refractivity contribution in [2.45, 2.75) is 42.3 Å². The lowest BCUT2D eigenvalue weighted by atomic mass is 9.98. The van der Waals surface area contributed by atoms with Crippen molar-refractivity contribution in [1.82, 2.24) is 0 Å². The first-order valence-electron chi connectivity index (χ1n) is 6.58. The average Bonchev–Trinajstić information content (AvgIpc) is 2.56. The number of ether oxygens (including phenoxy) is 2. The number of esters is 1. The van der Waals surface area contributed by atoms with Crippen LogP contribution in [0.2, 0.25) is 0 Å². The zero-order chi connectivity index (χ0) is 22.8. The molecule has 0 saturated carbocycles. The second-order valence-electron chi connectivity index (χ2n) is 4.96. The van der Waals surface area contributed by atoms with Crippen LogP contribution >= 0.6 is 0 Å². The Morgan fingerprint density at radius 2 is 1.36 bits per heavy atom. The molecule has 0 aliphatic rings. The topological polar surface area (TPSA) is 55.8 Å². The number of aliphatic hydroxyl groups is 1. The molecule has 16 heteroatoms. The second kappa shape index (κ2) is 8.34. The highest BCUT2D eigenvalue weighted by Crippen LogP contribution is 2.58. The molecule has 4 nitrogen and oxygen atoms in total. The molecule has 0 aromatic rings. The van der Waals surface area contributed by atoms with Crippen molar-refractivity contribution in [2.24, 2.45) is 0 Å². The van der Waals surface area contributed by atoms with E-state index in [1.54, 1.807) is 0 Å². The minimum absolute atomic E-state index is 0.502. The summed E-state index contributed by atoms with van der Waals surface area (Å²) in [4.78, 5) is 10.6. The van der Waals surface area contributed by atoms with E-state index in [0.717, 1.165) is 0 Å². The predicted molar refractivity (Wildman–Crippen MR) is 63.9 cm³/mol. The quantitative estimate of drug-likeness (QED) is 0.300. The SMILES string of the molecule is C=CC(=O)OCC(O)COC(F)(F)C(F)(F)C(F)(F)C(F)(F)C(F)(F)C(F)F. The number of rotatable bonds is 11. The van der Waals surface area contributed by atoms with E-state index in [1.807, 2.05) is 0 Å².